The second kappa shape index (κ2) is 5.69. The Balaban J connectivity index is 2.20. The molecule has 0 spiro atoms. The first-order valence-electron chi connectivity index (χ1n) is 5.91. The Kier molecular flexibility index (Phi) is 3.99. The van der Waals surface area contributed by atoms with Crippen molar-refractivity contribution in [2.45, 2.75) is 13.0 Å². The fourth-order valence-electron chi connectivity index (χ4n) is 2.02. The van der Waals surface area contributed by atoms with Gasteiger partial charge >= 0.3 is 0 Å². The van der Waals surface area contributed by atoms with E-state index >= 15 is 0 Å². The maximum atomic E-state index is 13.2. The summed E-state index contributed by atoms with van der Waals surface area (Å²) in [4.78, 5) is 2.06. The van der Waals surface area contributed by atoms with Crippen LogP contribution in [0, 0.1) is 5.82 Å². The number of benzene rings is 1. The van der Waals surface area contributed by atoms with Crippen molar-refractivity contribution in [1.29, 1.82) is 0 Å². The summed E-state index contributed by atoms with van der Waals surface area (Å²) < 4.78 is 18.3. The molecule has 0 aliphatic rings. The van der Waals surface area contributed by atoms with Gasteiger partial charge in [-0.2, -0.15) is 0 Å². The second-order valence-electron chi connectivity index (χ2n) is 4.30. The summed E-state index contributed by atoms with van der Waals surface area (Å²) in [7, 11) is 1.97. The number of hydrogen-bond donors (Lipinski definition) is 1. The summed E-state index contributed by atoms with van der Waals surface area (Å²) >= 11 is 0. The first kappa shape index (κ1) is 12.6. The highest BCUT2D eigenvalue weighted by Gasteiger charge is 2.09. The fraction of sp³-hybridized carbons (Fsp3) is 0.286. The van der Waals surface area contributed by atoms with E-state index in [9.17, 15) is 4.39 Å². The van der Waals surface area contributed by atoms with Gasteiger partial charge < -0.3 is 15.1 Å². The molecule has 0 atom stereocenters. The molecule has 0 saturated carbocycles. The molecule has 0 aliphatic carbocycles. The average molecular weight is 248 g/mol. The molecule has 18 heavy (non-hydrogen) atoms. The monoisotopic (exact) mass is 248 g/mol. The quantitative estimate of drug-likeness (QED) is 0.884. The van der Waals surface area contributed by atoms with E-state index in [-0.39, 0.29) is 5.82 Å². The normalized spacial score (nSPS) is 10.6. The molecule has 2 rings (SSSR count). The average Bonchev–Trinajstić information content (AvgIpc) is 2.82. The standard InChI is InChI=1S/C14H17FN2O/c1-17(9-11-5-7-18-10-11)14-3-2-13(15)8-12(14)4-6-16/h2-3,5,7-8,10H,4,6,9,16H2,1H3. The summed E-state index contributed by atoms with van der Waals surface area (Å²) in [6.07, 6.45) is 4.03. The molecule has 4 heteroatoms. The number of nitrogens with two attached hydrogens (primary N) is 1. The van der Waals surface area contributed by atoms with E-state index in [1.165, 1.54) is 6.07 Å². The van der Waals surface area contributed by atoms with Crippen molar-refractivity contribution in [3.8, 4) is 0 Å². The number of rotatable bonds is 5. The fourth-order valence-corrected chi connectivity index (χ4v) is 2.02. The van der Waals surface area contributed by atoms with E-state index in [0.717, 1.165) is 23.4 Å². The minimum absolute atomic E-state index is 0.223. The van der Waals surface area contributed by atoms with Gasteiger partial charge in [-0.1, -0.05) is 0 Å². The highest BCUT2D eigenvalue weighted by Crippen LogP contribution is 2.22. The maximum absolute atomic E-state index is 13.2. The van der Waals surface area contributed by atoms with Crippen LogP contribution in [-0.4, -0.2) is 13.6 Å². The van der Waals surface area contributed by atoms with Crippen LogP contribution in [0.1, 0.15) is 11.1 Å². The first-order valence-corrected chi connectivity index (χ1v) is 5.91. The number of anilines is 1. The van der Waals surface area contributed by atoms with Crippen LogP contribution in [0.25, 0.3) is 0 Å². The Hall–Kier alpha value is -1.81. The zero-order valence-corrected chi connectivity index (χ0v) is 10.4. The molecule has 0 saturated heterocycles. The Bertz CT molecular complexity index is 497. The number of furan rings is 1. The number of halogens is 1. The molecule has 1 aromatic heterocycles. The summed E-state index contributed by atoms with van der Waals surface area (Å²) in [5, 5.41) is 0. The van der Waals surface area contributed by atoms with Crippen molar-refractivity contribution in [2.75, 3.05) is 18.5 Å². The molecule has 0 bridgehead atoms. The molecule has 0 unspecified atom stereocenters. The molecule has 2 N–H and O–H groups in total. The van der Waals surface area contributed by atoms with Gasteiger partial charge in [0.25, 0.3) is 0 Å². The van der Waals surface area contributed by atoms with Crippen LogP contribution in [0.2, 0.25) is 0 Å². The largest absolute Gasteiger partial charge is 0.472 e. The molecule has 0 amide bonds. The SMILES string of the molecule is CN(Cc1ccoc1)c1ccc(F)cc1CCN. The number of hydrogen-bond acceptors (Lipinski definition) is 3. The molecule has 1 aromatic carbocycles. The van der Waals surface area contributed by atoms with Gasteiger partial charge in [-0.15, -0.1) is 0 Å². The van der Waals surface area contributed by atoms with Crippen molar-refractivity contribution in [1.82, 2.24) is 0 Å². The van der Waals surface area contributed by atoms with Crippen LogP contribution >= 0.6 is 0 Å². The van der Waals surface area contributed by atoms with Crippen LogP contribution < -0.4 is 10.6 Å². The van der Waals surface area contributed by atoms with Crippen LogP contribution in [-0.2, 0) is 13.0 Å². The molecule has 0 fully saturated rings. The van der Waals surface area contributed by atoms with Gasteiger partial charge in [0.1, 0.15) is 5.82 Å². The molecule has 3 nitrogen and oxygen atoms in total. The van der Waals surface area contributed by atoms with E-state index in [1.807, 2.05) is 13.1 Å². The topological polar surface area (TPSA) is 42.4 Å². The van der Waals surface area contributed by atoms with Gasteiger partial charge in [-0.25, -0.2) is 4.39 Å². The van der Waals surface area contributed by atoms with E-state index in [2.05, 4.69) is 4.90 Å². The van der Waals surface area contributed by atoms with Crippen LogP contribution in [0.5, 0.6) is 0 Å². The van der Waals surface area contributed by atoms with E-state index in [0.29, 0.717) is 13.0 Å². The minimum atomic E-state index is -0.223. The zero-order valence-electron chi connectivity index (χ0n) is 10.4. The van der Waals surface area contributed by atoms with Gasteiger partial charge in [-0.3, -0.25) is 0 Å². The predicted molar refractivity (Wildman–Crippen MR) is 70.0 cm³/mol. The Morgan fingerprint density at radius 3 is 2.83 bits per heavy atom. The van der Waals surface area contributed by atoms with Gasteiger partial charge in [0.2, 0.25) is 0 Å². The lowest BCUT2D eigenvalue weighted by atomic mass is 10.1. The van der Waals surface area contributed by atoms with Gasteiger partial charge in [0, 0.05) is 24.8 Å². The second-order valence-corrected chi connectivity index (χ2v) is 4.30. The smallest absolute Gasteiger partial charge is 0.123 e. The third-order valence-electron chi connectivity index (χ3n) is 2.87. The third-order valence-corrected chi connectivity index (χ3v) is 2.87. The van der Waals surface area contributed by atoms with Gasteiger partial charge in [0.05, 0.1) is 12.5 Å². The zero-order chi connectivity index (χ0) is 13.0. The molecule has 1 heterocycles. The van der Waals surface area contributed by atoms with Crippen molar-refractivity contribution in [2.24, 2.45) is 5.73 Å². The molecule has 0 radical (unpaired) electrons. The summed E-state index contributed by atoms with van der Waals surface area (Å²) in [6, 6.07) is 6.73. The third kappa shape index (κ3) is 2.90. The lowest BCUT2D eigenvalue weighted by Crippen LogP contribution is -2.18. The molecule has 0 aliphatic heterocycles. The van der Waals surface area contributed by atoms with E-state index in [1.54, 1.807) is 24.7 Å². The minimum Gasteiger partial charge on any atom is -0.472 e. The van der Waals surface area contributed by atoms with Crippen LogP contribution in [0.4, 0.5) is 10.1 Å². The molecule has 2 aromatic rings. The lowest BCUT2D eigenvalue weighted by Gasteiger charge is -2.22. The van der Waals surface area contributed by atoms with Crippen LogP contribution in [0.3, 0.4) is 0 Å². The van der Waals surface area contributed by atoms with Crippen molar-refractivity contribution in [3.63, 3.8) is 0 Å². The number of nitrogens with zero attached hydrogens (tertiary/aromatic N) is 1. The maximum Gasteiger partial charge on any atom is 0.123 e. The molecular formula is C14H17FN2O. The van der Waals surface area contributed by atoms with Crippen LogP contribution in [0.15, 0.2) is 41.2 Å². The Labute approximate surface area is 106 Å². The summed E-state index contributed by atoms with van der Waals surface area (Å²) in [5.41, 5.74) is 8.58. The predicted octanol–water partition coefficient (Wildman–Crippen LogP) is 2.56. The highest BCUT2D eigenvalue weighted by atomic mass is 19.1. The van der Waals surface area contributed by atoms with E-state index in [4.69, 9.17) is 10.2 Å². The Morgan fingerprint density at radius 1 is 1.33 bits per heavy atom. The Morgan fingerprint density at radius 2 is 2.17 bits per heavy atom. The van der Waals surface area contributed by atoms with Gasteiger partial charge in [-0.05, 0) is 42.8 Å². The van der Waals surface area contributed by atoms with Gasteiger partial charge in [0.15, 0.2) is 0 Å². The van der Waals surface area contributed by atoms with E-state index < -0.39 is 0 Å². The highest BCUT2D eigenvalue weighted by molar-refractivity contribution is 5.53. The molecule has 96 valence electrons. The summed E-state index contributed by atoms with van der Waals surface area (Å²) in [5.74, 6) is -0.223. The van der Waals surface area contributed by atoms with Crippen molar-refractivity contribution >= 4 is 5.69 Å². The molecular weight excluding hydrogens is 231 g/mol. The van der Waals surface area contributed by atoms with Crippen molar-refractivity contribution < 1.29 is 8.81 Å². The summed E-state index contributed by atoms with van der Waals surface area (Å²) in [6.45, 7) is 1.23. The first-order chi connectivity index (χ1) is 8.70. The van der Waals surface area contributed by atoms with Crippen molar-refractivity contribution in [3.05, 3.63) is 53.7 Å². The lowest BCUT2D eigenvalue weighted by molar-refractivity contribution is 0.563.